The van der Waals surface area contributed by atoms with E-state index in [1.54, 1.807) is 0 Å². The van der Waals surface area contributed by atoms with Gasteiger partial charge in [-0.05, 0) is 25.1 Å². The van der Waals surface area contributed by atoms with Gasteiger partial charge in [0.2, 0.25) is 0 Å². The second-order valence-corrected chi connectivity index (χ2v) is 2.93. The molecule has 1 N–H and O–H groups in total. The molecule has 0 spiro atoms. The van der Waals surface area contributed by atoms with Gasteiger partial charge < -0.3 is 14.6 Å². The van der Waals surface area contributed by atoms with Crippen molar-refractivity contribution < 1.29 is 24.2 Å². The van der Waals surface area contributed by atoms with Crippen LogP contribution in [0.15, 0.2) is 18.2 Å². The average Bonchev–Trinajstić information content (AvgIpc) is 2.29. The molecule has 1 aromatic carbocycles. The zero-order valence-corrected chi connectivity index (χ0v) is 9.02. The monoisotopic (exact) mass is 224 g/mol. The van der Waals surface area contributed by atoms with Crippen molar-refractivity contribution in [2.24, 2.45) is 0 Å². The topological polar surface area (TPSA) is 72.8 Å². The number of aliphatic carboxylic acids is 1. The number of hydrogen-bond donors (Lipinski definition) is 1. The van der Waals surface area contributed by atoms with E-state index in [2.05, 4.69) is 0 Å². The number of carbonyl (C=O) groups is 2. The first-order chi connectivity index (χ1) is 7.60. The Kier molecular flexibility index (Phi) is 3.88. The van der Waals surface area contributed by atoms with Gasteiger partial charge in [0.05, 0.1) is 13.7 Å². The zero-order valence-electron chi connectivity index (χ0n) is 9.02. The Bertz CT molecular complexity index is 411. The highest BCUT2D eigenvalue weighted by Crippen LogP contribution is 2.28. The number of carboxylic acid groups (broad SMARTS) is 1. The molecule has 1 aromatic rings. The summed E-state index contributed by atoms with van der Waals surface area (Å²) in [6, 6.07) is 4.25. The van der Waals surface area contributed by atoms with Crippen LogP contribution >= 0.6 is 0 Å². The Morgan fingerprint density at radius 3 is 2.50 bits per heavy atom. The van der Waals surface area contributed by atoms with Crippen LogP contribution in [0.1, 0.15) is 17.3 Å². The largest absolute Gasteiger partial charge is 0.493 e. The number of carbonyl (C=O) groups excluding carboxylic acids is 1. The smallest absolute Gasteiger partial charge is 0.377 e. The molecule has 0 amide bonds. The average molecular weight is 224 g/mol. The molecule has 0 atom stereocenters. The predicted molar refractivity (Wildman–Crippen MR) is 56.1 cm³/mol. The molecule has 0 fully saturated rings. The van der Waals surface area contributed by atoms with Crippen molar-refractivity contribution in [1.82, 2.24) is 0 Å². The Morgan fingerprint density at radius 2 is 2.00 bits per heavy atom. The van der Waals surface area contributed by atoms with Gasteiger partial charge in [0.25, 0.3) is 5.78 Å². The van der Waals surface area contributed by atoms with E-state index in [1.165, 1.54) is 25.3 Å². The number of rotatable bonds is 5. The van der Waals surface area contributed by atoms with Crippen molar-refractivity contribution >= 4 is 11.8 Å². The number of ketones is 1. The fourth-order valence-electron chi connectivity index (χ4n) is 1.21. The maximum absolute atomic E-state index is 11.2. The van der Waals surface area contributed by atoms with Crippen LogP contribution in [0, 0.1) is 0 Å². The van der Waals surface area contributed by atoms with Crippen LogP contribution in [-0.2, 0) is 4.79 Å². The number of hydrogen-bond acceptors (Lipinski definition) is 4. The van der Waals surface area contributed by atoms with Gasteiger partial charge in [-0.15, -0.1) is 0 Å². The molecule has 0 heterocycles. The zero-order chi connectivity index (χ0) is 12.1. The normalized spacial score (nSPS) is 9.62. The molecule has 0 radical (unpaired) electrons. The highest BCUT2D eigenvalue weighted by Gasteiger charge is 2.16. The molecule has 86 valence electrons. The van der Waals surface area contributed by atoms with Gasteiger partial charge in [-0.2, -0.15) is 0 Å². The van der Waals surface area contributed by atoms with Crippen LogP contribution in [0.25, 0.3) is 0 Å². The summed E-state index contributed by atoms with van der Waals surface area (Å²) >= 11 is 0. The third-order valence-corrected chi connectivity index (χ3v) is 1.92. The Hall–Kier alpha value is -2.04. The summed E-state index contributed by atoms with van der Waals surface area (Å²) in [6.07, 6.45) is 0. The van der Waals surface area contributed by atoms with Gasteiger partial charge in [0, 0.05) is 5.56 Å². The van der Waals surface area contributed by atoms with E-state index in [0.29, 0.717) is 18.1 Å². The number of benzene rings is 1. The van der Waals surface area contributed by atoms with E-state index >= 15 is 0 Å². The summed E-state index contributed by atoms with van der Waals surface area (Å²) in [6.45, 7) is 2.28. The van der Waals surface area contributed by atoms with E-state index in [9.17, 15) is 9.59 Å². The van der Waals surface area contributed by atoms with E-state index in [4.69, 9.17) is 14.6 Å². The molecule has 0 aliphatic carbocycles. The molecular weight excluding hydrogens is 212 g/mol. The lowest BCUT2D eigenvalue weighted by molar-refractivity contribution is -0.131. The lowest BCUT2D eigenvalue weighted by Gasteiger charge is -2.09. The SMILES string of the molecule is CCOc1ccc(C(=O)C(=O)O)cc1OC. The maximum Gasteiger partial charge on any atom is 0.377 e. The first-order valence-electron chi connectivity index (χ1n) is 4.68. The minimum absolute atomic E-state index is 0.0628. The highest BCUT2D eigenvalue weighted by atomic mass is 16.5. The molecule has 16 heavy (non-hydrogen) atoms. The molecule has 0 saturated heterocycles. The lowest BCUT2D eigenvalue weighted by atomic mass is 10.1. The van der Waals surface area contributed by atoms with E-state index < -0.39 is 11.8 Å². The van der Waals surface area contributed by atoms with Crippen molar-refractivity contribution in [2.75, 3.05) is 13.7 Å². The second kappa shape index (κ2) is 5.16. The molecule has 5 heteroatoms. The summed E-state index contributed by atoms with van der Waals surface area (Å²) in [5, 5.41) is 8.55. The minimum Gasteiger partial charge on any atom is -0.493 e. The summed E-state index contributed by atoms with van der Waals surface area (Å²) in [5.74, 6) is -1.64. The molecule has 0 unspecified atom stereocenters. The van der Waals surface area contributed by atoms with E-state index in [0.717, 1.165) is 0 Å². The number of carboxylic acids is 1. The van der Waals surface area contributed by atoms with Gasteiger partial charge in [0.1, 0.15) is 0 Å². The van der Waals surface area contributed by atoms with Crippen LogP contribution in [0.5, 0.6) is 11.5 Å². The van der Waals surface area contributed by atoms with E-state index in [-0.39, 0.29) is 5.56 Å². The predicted octanol–water partition coefficient (Wildman–Crippen LogP) is 1.36. The van der Waals surface area contributed by atoms with Crippen molar-refractivity contribution in [3.63, 3.8) is 0 Å². The van der Waals surface area contributed by atoms with Gasteiger partial charge in [0.15, 0.2) is 11.5 Å². The third kappa shape index (κ3) is 2.50. The number of Topliss-reactive ketones (excluding diaryl/α,β-unsaturated/α-hetero) is 1. The third-order valence-electron chi connectivity index (χ3n) is 1.92. The molecule has 5 nitrogen and oxygen atoms in total. The highest BCUT2D eigenvalue weighted by molar-refractivity contribution is 6.39. The maximum atomic E-state index is 11.2. The van der Waals surface area contributed by atoms with Gasteiger partial charge >= 0.3 is 5.97 Å². The first-order valence-corrected chi connectivity index (χ1v) is 4.68. The Labute approximate surface area is 92.6 Å². The van der Waals surface area contributed by atoms with Gasteiger partial charge in [-0.3, -0.25) is 4.79 Å². The van der Waals surface area contributed by atoms with Crippen LogP contribution in [0.2, 0.25) is 0 Å². The summed E-state index contributed by atoms with van der Waals surface area (Å²) < 4.78 is 10.2. The van der Waals surface area contributed by atoms with E-state index in [1.807, 2.05) is 6.92 Å². The second-order valence-electron chi connectivity index (χ2n) is 2.93. The molecule has 0 saturated carbocycles. The van der Waals surface area contributed by atoms with Gasteiger partial charge in [-0.1, -0.05) is 0 Å². The molecular formula is C11H12O5. The molecule has 0 aromatic heterocycles. The molecule has 0 aliphatic rings. The van der Waals surface area contributed by atoms with Gasteiger partial charge in [-0.25, -0.2) is 4.79 Å². The molecule has 0 bridgehead atoms. The van der Waals surface area contributed by atoms with Crippen molar-refractivity contribution in [3.8, 4) is 11.5 Å². The Balaban J connectivity index is 3.08. The fraction of sp³-hybridized carbons (Fsp3) is 0.273. The Morgan fingerprint density at radius 1 is 1.31 bits per heavy atom. The molecule has 0 aliphatic heterocycles. The molecule has 1 rings (SSSR count). The quantitative estimate of drug-likeness (QED) is 0.604. The minimum atomic E-state index is -1.49. The number of ether oxygens (including phenoxy) is 2. The van der Waals surface area contributed by atoms with Crippen molar-refractivity contribution in [1.29, 1.82) is 0 Å². The van der Waals surface area contributed by atoms with Crippen molar-refractivity contribution in [3.05, 3.63) is 23.8 Å². The van der Waals surface area contributed by atoms with Crippen LogP contribution in [0.4, 0.5) is 0 Å². The summed E-state index contributed by atoms with van der Waals surface area (Å²) in [5.41, 5.74) is 0.0628. The summed E-state index contributed by atoms with van der Waals surface area (Å²) in [7, 11) is 1.42. The van der Waals surface area contributed by atoms with Crippen LogP contribution in [-0.4, -0.2) is 30.6 Å². The van der Waals surface area contributed by atoms with Crippen LogP contribution in [0.3, 0.4) is 0 Å². The van der Waals surface area contributed by atoms with Crippen LogP contribution < -0.4 is 9.47 Å². The fourth-order valence-corrected chi connectivity index (χ4v) is 1.21. The standard InChI is InChI=1S/C11H12O5/c1-3-16-8-5-4-7(6-9(8)15-2)10(12)11(13)14/h4-6H,3H2,1-2H3,(H,13,14). The number of methoxy groups -OCH3 is 1. The first kappa shape index (κ1) is 12.0. The summed E-state index contributed by atoms with van der Waals surface area (Å²) in [4.78, 5) is 21.7. The van der Waals surface area contributed by atoms with Crippen molar-refractivity contribution in [2.45, 2.75) is 6.92 Å². The lowest BCUT2D eigenvalue weighted by Crippen LogP contribution is -2.12.